The van der Waals surface area contributed by atoms with Gasteiger partial charge < -0.3 is 10.1 Å². The van der Waals surface area contributed by atoms with Crippen molar-refractivity contribution >= 4 is 52.1 Å². The Hall–Kier alpha value is -1.17. The highest BCUT2D eigenvalue weighted by molar-refractivity contribution is 6.50. The Morgan fingerprint density at radius 3 is 2.53 bits per heavy atom. The molecule has 0 N–H and O–H groups in total. The van der Waals surface area contributed by atoms with Gasteiger partial charge in [-0.3, -0.25) is 4.79 Å². The van der Waals surface area contributed by atoms with Gasteiger partial charge in [0.1, 0.15) is 6.42 Å². The summed E-state index contributed by atoms with van der Waals surface area (Å²) in [6.45, 7) is 0. The summed E-state index contributed by atoms with van der Waals surface area (Å²) in [7, 11) is 0. The van der Waals surface area contributed by atoms with Gasteiger partial charge in [-0.2, -0.15) is 0 Å². The summed E-state index contributed by atoms with van der Waals surface area (Å²) in [5.41, 5.74) is 0.152. The normalized spacial score (nSPS) is 14.3. The zero-order chi connectivity index (χ0) is 12.7. The van der Waals surface area contributed by atoms with E-state index in [-0.39, 0.29) is 26.3 Å². The van der Waals surface area contributed by atoms with E-state index in [1.165, 1.54) is 6.07 Å². The van der Waals surface area contributed by atoms with E-state index in [1.54, 1.807) is 0 Å². The molecule has 5 nitrogen and oxygen atoms in total. The first kappa shape index (κ1) is 12.3. The number of rotatable bonds is 0. The predicted octanol–water partition coefficient (Wildman–Crippen LogP) is 3.54. The highest BCUT2D eigenvalue weighted by Crippen LogP contribution is 2.41. The molecule has 0 saturated heterocycles. The molecule has 88 valence electrons. The zero-order valence-electron chi connectivity index (χ0n) is 8.04. The maximum atomic E-state index is 11.7. The van der Waals surface area contributed by atoms with Gasteiger partial charge >= 0.3 is 5.84 Å². The number of hydrogen-bond acceptors (Lipinski definition) is 4. The number of halogens is 3. The first-order valence-corrected chi connectivity index (χ1v) is 5.48. The van der Waals surface area contributed by atoms with E-state index in [9.17, 15) is 14.9 Å². The molecule has 0 aliphatic carbocycles. The average molecular weight is 293 g/mol. The number of hydrogen-bond donors (Lipinski definition) is 0. The van der Waals surface area contributed by atoms with Crippen LogP contribution >= 0.6 is 34.8 Å². The maximum absolute atomic E-state index is 11.7. The lowest BCUT2D eigenvalue weighted by molar-refractivity contribution is -0.352. The molecule has 8 heteroatoms. The van der Waals surface area contributed by atoms with Crippen molar-refractivity contribution in [2.45, 2.75) is 6.42 Å². The molecule has 0 amide bonds. The molecule has 1 heterocycles. The van der Waals surface area contributed by atoms with Gasteiger partial charge in [0.15, 0.2) is 11.5 Å². The van der Waals surface area contributed by atoms with Gasteiger partial charge in [-0.1, -0.05) is 34.8 Å². The summed E-state index contributed by atoms with van der Waals surface area (Å²) < 4.78 is 0. The fourth-order valence-electron chi connectivity index (χ4n) is 1.45. The quantitative estimate of drug-likeness (QED) is 0.417. The Bertz CT molecular complexity index is 583. The fraction of sp³-hybridized carbons (Fsp3) is 0.111. The summed E-state index contributed by atoms with van der Waals surface area (Å²) in [6.07, 6.45) is -0.405. The molecule has 0 spiro atoms. The van der Waals surface area contributed by atoms with E-state index in [0.717, 1.165) is 0 Å². The van der Waals surface area contributed by atoms with Crippen LogP contribution in [-0.4, -0.2) is 16.5 Å². The monoisotopic (exact) mass is 292 g/mol. The van der Waals surface area contributed by atoms with Gasteiger partial charge in [-0.05, 0) is 9.92 Å². The van der Waals surface area contributed by atoms with E-state index in [4.69, 9.17) is 34.8 Å². The first-order valence-electron chi connectivity index (χ1n) is 4.34. The average Bonchev–Trinajstić information content (AvgIpc) is 2.25. The maximum Gasteiger partial charge on any atom is 0.347 e. The van der Waals surface area contributed by atoms with Crippen LogP contribution < -0.4 is 0 Å². The number of fused-ring (bicyclic) bond motifs is 1. The van der Waals surface area contributed by atoms with Crippen molar-refractivity contribution in [1.82, 2.24) is 0 Å². The molecule has 1 aromatic rings. The van der Waals surface area contributed by atoms with E-state index in [0.29, 0.717) is 0 Å². The molecule has 1 aliphatic heterocycles. The Balaban J connectivity index is 2.72. The van der Waals surface area contributed by atoms with Crippen LogP contribution in [0.15, 0.2) is 11.1 Å². The summed E-state index contributed by atoms with van der Waals surface area (Å²) in [6, 6.07) is 1.28. The number of ketones is 1. The number of nitrogens with zero attached hydrogens (tertiary/aromatic N) is 2. The van der Waals surface area contributed by atoms with Crippen LogP contribution in [0.1, 0.15) is 16.8 Å². The first-order chi connectivity index (χ1) is 7.91. The number of carbonyl (C=O) groups is 1. The Morgan fingerprint density at radius 1 is 1.29 bits per heavy atom. The Morgan fingerprint density at radius 2 is 1.94 bits per heavy atom. The summed E-state index contributed by atoms with van der Waals surface area (Å²) in [5.74, 6) is -0.928. The van der Waals surface area contributed by atoms with Gasteiger partial charge in [0.05, 0.1) is 20.6 Å². The van der Waals surface area contributed by atoms with Crippen LogP contribution in [0.2, 0.25) is 15.1 Å². The molecular weight excluding hydrogens is 290 g/mol. The summed E-state index contributed by atoms with van der Waals surface area (Å²) in [5, 5.41) is 10.7. The van der Waals surface area contributed by atoms with Crippen molar-refractivity contribution in [1.29, 1.82) is 0 Å². The number of nitro groups is 1. The number of carbonyl (C=O) groups excluding carboxylic acids is 1. The second kappa shape index (κ2) is 4.25. The van der Waals surface area contributed by atoms with Gasteiger partial charge in [-0.15, -0.1) is 0 Å². The smallest absolute Gasteiger partial charge is 0.347 e. The third-order valence-corrected chi connectivity index (χ3v) is 3.46. The van der Waals surface area contributed by atoms with Crippen LogP contribution in [0.3, 0.4) is 0 Å². The van der Waals surface area contributed by atoms with E-state index < -0.39 is 23.0 Å². The molecule has 0 radical (unpaired) electrons. The van der Waals surface area contributed by atoms with Crippen LogP contribution in [0.4, 0.5) is 5.69 Å². The molecule has 0 atom stereocenters. The van der Waals surface area contributed by atoms with Gasteiger partial charge in [-0.25, -0.2) is 0 Å². The van der Waals surface area contributed by atoms with Crippen molar-refractivity contribution in [3.8, 4) is 0 Å². The Kier molecular flexibility index (Phi) is 3.07. The minimum atomic E-state index is -0.711. The molecule has 0 aromatic heterocycles. The van der Waals surface area contributed by atoms with Crippen molar-refractivity contribution in [2.24, 2.45) is 4.99 Å². The van der Waals surface area contributed by atoms with Crippen molar-refractivity contribution in [2.75, 3.05) is 0 Å². The van der Waals surface area contributed by atoms with Crippen molar-refractivity contribution in [3.05, 3.63) is 36.8 Å². The lowest BCUT2D eigenvalue weighted by atomic mass is 10.0. The fourth-order valence-corrected chi connectivity index (χ4v) is 2.15. The molecule has 1 aliphatic rings. The molecule has 0 unspecified atom stereocenters. The third-order valence-electron chi connectivity index (χ3n) is 2.20. The minimum Gasteiger partial charge on any atom is -0.358 e. The van der Waals surface area contributed by atoms with Gasteiger partial charge in [0, 0.05) is 6.07 Å². The largest absolute Gasteiger partial charge is 0.358 e. The zero-order valence-corrected chi connectivity index (χ0v) is 10.3. The molecule has 17 heavy (non-hydrogen) atoms. The number of benzene rings is 1. The molecule has 0 saturated carbocycles. The summed E-state index contributed by atoms with van der Waals surface area (Å²) in [4.78, 5) is 25.3. The standard InChI is InChI=1S/C9H3Cl3N2O3/c10-3-1-4-7(9(12)8(3)11)5(15)2-6(13-4)14(16)17/h1H,2H2. The topological polar surface area (TPSA) is 72.6 Å². The Labute approximate surface area is 110 Å². The number of Topliss-reactive ketones (excluding diaryl/α,β-unsaturated/α-hetero) is 1. The molecule has 0 fully saturated rings. The second-order valence-electron chi connectivity index (χ2n) is 3.27. The lowest BCUT2D eigenvalue weighted by Gasteiger charge is -2.10. The summed E-state index contributed by atoms with van der Waals surface area (Å²) >= 11 is 17.4. The van der Waals surface area contributed by atoms with Gasteiger partial charge in [0.25, 0.3) is 0 Å². The van der Waals surface area contributed by atoms with E-state index >= 15 is 0 Å². The predicted molar refractivity (Wildman–Crippen MR) is 64.5 cm³/mol. The van der Waals surface area contributed by atoms with Crippen LogP contribution in [0, 0.1) is 10.1 Å². The number of amidine groups is 1. The van der Waals surface area contributed by atoms with Crippen molar-refractivity contribution < 1.29 is 9.72 Å². The lowest BCUT2D eigenvalue weighted by Crippen LogP contribution is -2.20. The third kappa shape index (κ3) is 2.01. The van der Waals surface area contributed by atoms with E-state index in [2.05, 4.69) is 4.99 Å². The number of aliphatic imine (C=N–C) groups is 1. The van der Waals surface area contributed by atoms with Crippen LogP contribution in [0.25, 0.3) is 0 Å². The SMILES string of the molecule is O=C1CC([N+](=O)[O-])=Nc2cc(Cl)c(Cl)c(Cl)c21. The van der Waals surface area contributed by atoms with Crippen LogP contribution in [-0.2, 0) is 0 Å². The van der Waals surface area contributed by atoms with Crippen molar-refractivity contribution in [3.63, 3.8) is 0 Å². The highest BCUT2D eigenvalue weighted by atomic mass is 35.5. The van der Waals surface area contributed by atoms with E-state index in [1.807, 2.05) is 0 Å². The molecule has 1 aromatic carbocycles. The molecular formula is C9H3Cl3N2O3. The second-order valence-corrected chi connectivity index (χ2v) is 4.43. The van der Waals surface area contributed by atoms with Crippen LogP contribution in [0.5, 0.6) is 0 Å². The molecule has 0 bridgehead atoms. The molecule has 2 rings (SSSR count). The minimum absolute atomic E-state index is 0.0229. The van der Waals surface area contributed by atoms with Gasteiger partial charge in [0.2, 0.25) is 0 Å². The highest BCUT2D eigenvalue weighted by Gasteiger charge is 2.32.